The average molecular weight is 569 g/mol. The van der Waals surface area contributed by atoms with E-state index in [-0.39, 0.29) is 50.3 Å². The molecule has 0 unspecified atom stereocenters. The minimum absolute atomic E-state index is 0.0294. The highest BCUT2D eigenvalue weighted by Crippen LogP contribution is 2.35. The van der Waals surface area contributed by atoms with Crippen LogP contribution < -0.4 is 5.32 Å². The molecule has 0 aliphatic heterocycles. The second-order valence-electron chi connectivity index (χ2n) is 8.62. The summed E-state index contributed by atoms with van der Waals surface area (Å²) in [7, 11) is -3.26. The number of nitrogens with zero attached hydrogens (tertiary/aromatic N) is 2. The Bertz CT molecular complexity index is 1370. The number of benzene rings is 2. The summed E-state index contributed by atoms with van der Waals surface area (Å²) in [5.74, 6) is -2.88. The van der Waals surface area contributed by atoms with Crippen molar-refractivity contribution in [3.8, 4) is 0 Å². The van der Waals surface area contributed by atoms with Crippen LogP contribution in [-0.4, -0.2) is 58.0 Å². The maximum absolute atomic E-state index is 13.9. The SMILES string of the molecule is CN(C(=O)CCc1cccc(F)c1F)[C@@H](CCCOP(=O)(O)O)COC(=O)Nc1cc2cc(F)ccc2cn1. The number of anilines is 1. The minimum Gasteiger partial charge on any atom is -0.447 e. The van der Waals surface area contributed by atoms with Gasteiger partial charge >= 0.3 is 13.9 Å². The van der Waals surface area contributed by atoms with Crippen LogP contribution in [0.25, 0.3) is 10.8 Å². The third-order valence-electron chi connectivity index (χ3n) is 5.84. The maximum atomic E-state index is 13.9. The van der Waals surface area contributed by atoms with E-state index in [0.29, 0.717) is 10.8 Å². The van der Waals surface area contributed by atoms with Gasteiger partial charge in [-0.2, -0.15) is 0 Å². The van der Waals surface area contributed by atoms with Gasteiger partial charge in [0.1, 0.15) is 18.2 Å². The van der Waals surface area contributed by atoms with Crippen molar-refractivity contribution in [2.24, 2.45) is 0 Å². The minimum atomic E-state index is -4.69. The van der Waals surface area contributed by atoms with Gasteiger partial charge in [-0.25, -0.2) is 27.5 Å². The summed E-state index contributed by atoms with van der Waals surface area (Å²) in [6, 6.07) is 8.48. The molecule has 3 rings (SSSR count). The van der Waals surface area contributed by atoms with Crippen LogP contribution in [-0.2, 0) is 25.0 Å². The van der Waals surface area contributed by atoms with E-state index in [1.807, 2.05) is 0 Å². The number of aromatic nitrogens is 1. The number of rotatable bonds is 12. The fourth-order valence-corrected chi connectivity index (χ4v) is 4.11. The van der Waals surface area contributed by atoms with E-state index < -0.39 is 43.3 Å². The average Bonchev–Trinajstić information content (AvgIpc) is 2.87. The number of phosphoric ester groups is 1. The predicted molar refractivity (Wildman–Crippen MR) is 135 cm³/mol. The van der Waals surface area contributed by atoms with Crippen molar-refractivity contribution in [2.45, 2.75) is 31.7 Å². The number of carbonyl (C=O) groups is 2. The van der Waals surface area contributed by atoms with Gasteiger partial charge in [-0.1, -0.05) is 12.1 Å². The number of hydrogen-bond acceptors (Lipinski definition) is 6. The van der Waals surface area contributed by atoms with Gasteiger partial charge < -0.3 is 19.4 Å². The molecule has 39 heavy (non-hydrogen) atoms. The fourth-order valence-electron chi connectivity index (χ4n) is 3.75. The molecule has 0 aliphatic carbocycles. The monoisotopic (exact) mass is 569 g/mol. The van der Waals surface area contributed by atoms with Gasteiger partial charge in [0.2, 0.25) is 5.91 Å². The number of ether oxygens (including phenoxy) is 1. The summed E-state index contributed by atoms with van der Waals surface area (Å²) in [6.07, 6.45) is 0.540. The molecule has 0 radical (unpaired) electrons. The van der Waals surface area contributed by atoms with Gasteiger partial charge in [0, 0.05) is 25.1 Å². The lowest BCUT2D eigenvalue weighted by molar-refractivity contribution is -0.133. The van der Waals surface area contributed by atoms with Crippen molar-refractivity contribution in [3.05, 3.63) is 71.7 Å². The number of hydrogen-bond donors (Lipinski definition) is 3. The number of pyridine rings is 1. The molecule has 14 heteroatoms. The van der Waals surface area contributed by atoms with Gasteiger partial charge in [0.25, 0.3) is 0 Å². The Kier molecular flexibility index (Phi) is 10.4. The van der Waals surface area contributed by atoms with Gasteiger partial charge in [-0.15, -0.1) is 0 Å². The number of fused-ring (bicyclic) bond motifs is 1. The number of aryl methyl sites for hydroxylation is 1. The van der Waals surface area contributed by atoms with Gasteiger partial charge in [0.05, 0.1) is 12.6 Å². The summed E-state index contributed by atoms with van der Waals surface area (Å²) >= 11 is 0. The lowest BCUT2D eigenvalue weighted by Crippen LogP contribution is -2.41. The van der Waals surface area contributed by atoms with Crippen LogP contribution in [0.3, 0.4) is 0 Å². The highest BCUT2D eigenvalue weighted by Gasteiger charge is 2.23. The van der Waals surface area contributed by atoms with Crippen LogP contribution in [0.1, 0.15) is 24.8 Å². The predicted octanol–water partition coefficient (Wildman–Crippen LogP) is 4.55. The number of carbonyl (C=O) groups excluding carboxylic acids is 2. The largest absolute Gasteiger partial charge is 0.469 e. The normalized spacial score (nSPS) is 12.3. The smallest absolute Gasteiger partial charge is 0.447 e. The molecule has 0 bridgehead atoms. The molecule has 3 aromatic rings. The summed E-state index contributed by atoms with van der Waals surface area (Å²) in [6.45, 7) is -0.623. The van der Waals surface area contributed by atoms with Crippen LogP contribution in [0.5, 0.6) is 0 Å². The second-order valence-corrected chi connectivity index (χ2v) is 9.86. The Morgan fingerprint density at radius 1 is 1.13 bits per heavy atom. The molecule has 1 atom stereocenters. The summed E-state index contributed by atoms with van der Waals surface area (Å²) < 4.78 is 61.5. The molecule has 0 spiro atoms. The summed E-state index contributed by atoms with van der Waals surface area (Å²) in [5.41, 5.74) is 0.0294. The van der Waals surface area contributed by atoms with Crippen molar-refractivity contribution in [1.29, 1.82) is 0 Å². The number of likely N-dealkylation sites (N-methyl/N-ethyl adjacent to an activating group) is 1. The van der Waals surface area contributed by atoms with Crippen molar-refractivity contribution in [2.75, 3.05) is 25.6 Å². The first-order valence-electron chi connectivity index (χ1n) is 11.8. The van der Waals surface area contributed by atoms with Crippen molar-refractivity contribution in [3.63, 3.8) is 0 Å². The van der Waals surface area contributed by atoms with Crippen LogP contribution in [0, 0.1) is 17.5 Å². The van der Waals surface area contributed by atoms with Crippen molar-refractivity contribution >= 4 is 36.4 Å². The van der Waals surface area contributed by atoms with Crippen molar-refractivity contribution in [1.82, 2.24) is 9.88 Å². The molecule has 0 aliphatic rings. The second kappa shape index (κ2) is 13.5. The first-order valence-corrected chi connectivity index (χ1v) is 13.3. The van der Waals surface area contributed by atoms with E-state index in [0.717, 1.165) is 6.07 Å². The van der Waals surface area contributed by atoms with Gasteiger partial charge in [0.15, 0.2) is 11.6 Å². The van der Waals surface area contributed by atoms with Crippen LogP contribution >= 0.6 is 7.82 Å². The third-order valence-corrected chi connectivity index (χ3v) is 6.36. The highest BCUT2D eigenvalue weighted by atomic mass is 31.2. The molecule has 1 heterocycles. The number of amides is 2. The fraction of sp³-hybridized carbons (Fsp3) is 0.320. The Morgan fingerprint density at radius 2 is 1.90 bits per heavy atom. The Morgan fingerprint density at radius 3 is 2.64 bits per heavy atom. The molecule has 210 valence electrons. The van der Waals surface area contributed by atoms with Gasteiger partial charge in [-0.3, -0.25) is 14.6 Å². The zero-order chi connectivity index (χ0) is 28.6. The molecule has 2 amide bonds. The van der Waals surface area contributed by atoms with E-state index >= 15 is 0 Å². The van der Waals surface area contributed by atoms with Crippen LogP contribution in [0.15, 0.2) is 48.7 Å². The van der Waals surface area contributed by atoms with Crippen LogP contribution in [0.2, 0.25) is 0 Å². The Balaban J connectivity index is 1.61. The lowest BCUT2D eigenvalue weighted by Gasteiger charge is -2.28. The van der Waals surface area contributed by atoms with E-state index in [1.54, 1.807) is 0 Å². The molecule has 0 fully saturated rings. The highest BCUT2D eigenvalue weighted by molar-refractivity contribution is 7.46. The molecule has 10 nitrogen and oxygen atoms in total. The molecule has 0 saturated carbocycles. The molecular weight excluding hydrogens is 542 g/mol. The third kappa shape index (κ3) is 9.32. The standard InChI is InChI=1S/C25H27F3N3O7P/c1-31(23(32)10-8-16-4-2-6-21(27)24(16)28)20(5-3-11-38-39(34,35)36)15-37-25(33)30-22-13-18-12-19(26)9-7-17(18)14-29-22/h2,4,6-7,9,12-14,20H,3,5,8,10-11,15H2,1H3,(H,29,30,33)(H2,34,35,36)/t20-/m0/s1. The first kappa shape index (κ1) is 30.0. The molecule has 2 aromatic carbocycles. The first-order chi connectivity index (χ1) is 18.4. The quantitative estimate of drug-likeness (QED) is 0.213. The molecule has 3 N–H and O–H groups in total. The van der Waals surface area contributed by atoms with E-state index in [4.69, 9.17) is 14.5 Å². The number of halogens is 3. The summed E-state index contributed by atoms with van der Waals surface area (Å²) in [4.78, 5) is 48.2. The van der Waals surface area contributed by atoms with Crippen molar-refractivity contribution < 1.29 is 46.4 Å². The molecule has 1 aromatic heterocycles. The zero-order valence-electron chi connectivity index (χ0n) is 20.8. The number of nitrogens with one attached hydrogen (secondary N) is 1. The lowest BCUT2D eigenvalue weighted by atomic mass is 10.1. The Hall–Kier alpha value is -3.51. The molecular formula is C25H27F3N3O7P. The van der Waals surface area contributed by atoms with E-state index in [2.05, 4.69) is 14.8 Å². The van der Waals surface area contributed by atoms with Gasteiger partial charge in [-0.05, 0) is 60.5 Å². The topological polar surface area (TPSA) is 138 Å². The van der Waals surface area contributed by atoms with E-state index in [9.17, 15) is 27.3 Å². The van der Waals surface area contributed by atoms with Crippen LogP contribution in [0.4, 0.5) is 23.8 Å². The maximum Gasteiger partial charge on any atom is 0.469 e. The summed E-state index contributed by atoms with van der Waals surface area (Å²) in [5, 5.41) is 3.58. The zero-order valence-corrected chi connectivity index (χ0v) is 21.7. The Labute approximate surface area is 222 Å². The number of phosphoric acid groups is 1. The van der Waals surface area contributed by atoms with E-state index in [1.165, 1.54) is 54.5 Å². The molecule has 0 saturated heterocycles.